The van der Waals surface area contributed by atoms with Crippen LogP contribution < -0.4 is 5.32 Å². The highest BCUT2D eigenvalue weighted by Crippen LogP contribution is 2.40. The highest BCUT2D eigenvalue weighted by molar-refractivity contribution is 6.06. The fourth-order valence-corrected chi connectivity index (χ4v) is 2.69. The molecule has 5 nitrogen and oxygen atoms in total. The zero-order chi connectivity index (χ0) is 17.1. The number of benzene rings is 1. The number of carboxylic acid groups (broad SMARTS) is 1. The van der Waals surface area contributed by atoms with Crippen LogP contribution in [-0.2, 0) is 4.79 Å². The number of amides is 1. The highest BCUT2D eigenvalue weighted by Gasteiger charge is 2.27. The van der Waals surface area contributed by atoms with Gasteiger partial charge in [0.25, 0.3) is 5.91 Å². The second-order valence-electron chi connectivity index (χ2n) is 6.14. The number of nitrogens with one attached hydrogen (secondary N) is 1. The van der Waals surface area contributed by atoms with Gasteiger partial charge in [0.2, 0.25) is 0 Å². The first-order valence-electron chi connectivity index (χ1n) is 8.15. The lowest BCUT2D eigenvalue weighted by Gasteiger charge is -2.10. The molecule has 1 saturated carbocycles. The van der Waals surface area contributed by atoms with Crippen LogP contribution in [0.1, 0.15) is 54.1 Å². The number of pyridine rings is 1. The van der Waals surface area contributed by atoms with Gasteiger partial charge in [-0.05, 0) is 49.9 Å². The minimum Gasteiger partial charge on any atom is -0.481 e. The number of carboxylic acids is 1. The lowest BCUT2D eigenvalue weighted by atomic mass is 10.0. The molecule has 1 aromatic heterocycles. The molecule has 0 spiro atoms. The molecule has 1 aliphatic carbocycles. The van der Waals surface area contributed by atoms with E-state index in [4.69, 9.17) is 5.11 Å². The molecule has 1 fully saturated rings. The van der Waals surface area contributed by atoms with E-state index in [-0.39, 0.29) is 12.3 Å². The molecule has 1 aliphatic rings. The molecule has 126 valence electrons. The Morgan fingerprint density at radius 1 is 1.25 bits per heavy atom. The quantitative estimate of drug-likeness (QED) is 0.764. The average Bonchev–Trinajstić information content (AvgIpc) is 3.38. The fourth-order valence-electron chi connectivity index (χ4n) is 2.69. The number of aromatic nitrogens is 1. The minimum atomic E-state index is -0.842. The van der Waals surface area contributed by atoms with Gasteiger partial charge >= 0.3 is 5.97 Å². The van der Waals surface area contributed by atoms with E-state index in [0.717, 1.165) is 18.5 Å². The van der Waals surface area contributed by atoms with Gasteiger partial charge in [0, 0.05) is 30.0 Å². The molecular formula is C18H19FN2O3. The number of hydrogen-bond donors (Lipinski definition) is 2. The van der Waals surface area contributed by atoms with E-state index in [9.17, 15) is 14.0 Å². The molecule has 6 heteroatoms. The number of aliphatic carboxylic acids is 1. The van der Waals surface area contributed by atoms with Crippen molar-refractivity contribution >= 4 is 22.8 Å². The van der Waals surface area contributed by atoms with Crippen LogP contribution in [0.4, 0.5) is 4.39 Å². The number of nitrogens with zero attached hydrogens (tertiary/aromatic N) is 1. The van der Waals surface area contributed by atoms with Crippen LogP contribution >= 0.6 is 0 Å². The summed E-state index contributed by atoms with van der Waals surface area (Å²) >= 11 is 0. The lowest BCUT2D eigenvalue weighted by molar-refractivity contribution is -0.137. The van der Waals surface area contributed by atoms with Gasteiger partial charge in [-0.3, -0.25) is 14.6 Å². The molecular weight excluding hydrogens is 311 g/mol. The number of carbonyl (C=O) groups is 2. The predicted molar refractivity (Wildman–Crippen MR) is 87.5 cm³/mol. The summed E-state index contributed by atoms with van der Waals surface area (Å²) in [5, 5.41) is 11.9. The molecule has 1 aromatic carbocycles. The van der Waals surface area contributed by atoms with Crippen molar-refractivity contribution in [2.45, 2.75) is 38.0 Å². The Morgan fingerprint density at radius 3 is 2.75 bits per heavy atom. The molecule has 0 bridgehead atoms. The summed E-state index contributed by atoms with van der Waals surface area (Å²) in [4.78, 5) is 27.5. The van der Waals surface area contributed by atoms with E-state index in [1.807, 2.05) is 0 Å². The molecule has 1 amide bonds. The van der Waals surface area contributed by atoms with Gasteiger partial charge in [-0.25, -0.2) is 4.39 Å². The van der Waals surface area contributed by atoms with E-state index >= 15 is 0 Å². The molecule has 2 N–H and O–H groups in total. The van der Waals surface area contributed by atoms with Crippen LogP contribution in [0.2, 0.25) is 0 Å². The highest BCUT2D eigenvalue weighted by atomic mass is 19.1. The number of unbranched alkanes of at least 4 members (excludes halogenated alkanes) is 1. The Bertz CT molecular complexity index is 787. The zero-order valence-corrected chi connectivity index (χ0v) is 13.2. The third kappa shape index (κ3) is 3.88. The Kier molecular flexibility index (Phi) is 4.74. The number of fused-ring (bicyclic) bond motifs is 1. The molecule has 3 rings (SSSR count). The van der Waals surface area contributed by atoms with Crippen LogP contribution in [0.15, 0.2) is 24.3 Å². The predicted octanol–water partition coefficient (Wildman–Crippen LogP) is 3.24. The van der Waals surface area contributed by atoms with Crippen molar-refractivity contribution in [3.63, 3.8) is 0 Å². The molecule has 2 aromatic rings. The summed E-state index contributed by atoms with van der Waals surface area (Å²) in [7, 11) is 0. The first-order chi connectivity index (χ1) is 11.5. The van der Waals surface area contributed by atoms with Crippen molar-refractivity contribution in [1.82, 2.24) is 10.3 Å². The Labute approximate surface area is 138 Å². The first kappa shape index (κ1) is 16.4. The lowest BCUT2D eigenvalue weighted by Crippen LogP contribution is -2.25. The summed E-state index contributed by atoms with van der Waals surface area (Å²) in [6.07, 6.45) is 3.32. The summed E-state index contributed by atoms with van der Waals surface area (Å²) in [6.45, 7) is 0.393. The maximum Gasteiger partial charge on any atom is 0.303 e. The van der Waals surface area contributed by atoms with Crippen molar-refractivity contribution in [1.29, 1.82) is 0 Å². The molecule has 0 radical (unpaired) electrons. The van der Waals surface area contributed by atoms with Crippen molar-refractivity contribution in [2.24, 2.45) is 0 Å². The SMILES string of the molecule is O=C(O)CCCCNC(=O)c1cc(C2CC2)nc2ccc(F)cc12. The minimum absolute atomic E-state index is 0.0884. The number of rotatable bonds is 7. The van der Waals surface area contributed by atoms with Gasteiger partial charge in [-0.15, -0.1) is 0 Å². The fraction of sp³-hybridized carbons (Fsp3) is 0.389. The van der Waals surface area contributed by atoms with Crippen LogP contribution in [-0.4, -0.2) is 28.5 Å². The van der Waals surface area contributed by atoms with Gasteiger partial charge in [-0.2, -0.15) is 0 Å². The Balaban J connectivity index is 1.77. The molecule has 0 aliphatic heterocycles. The van der Waals surface area contributed by atoms with Gasteiger partial charge in [-0.1, -0.05) is 0 Å². The molecule has 1 heterocycles. The third-order valence-electron chi connectivity index (χ3n) is 4.13. The number of carbonyl (C=O) groups excluding carboxylic acids is 1. The normalized spacial score (nSPS) is 13.9. The number of hydrogen-bond acceptors (Lipinski definition) is 3. The Hall–Kier alpha value is -2.50. The van der Waals surface area contributed by atoms with Crippen LogP contribution in [0.25, 0.3) is 10.9 Å². The maximum absolute atomic E-state index is 13.6. The third-order valence-corrected chi connectivity index (χ3v) is 4.13. The summed E-state index contributed by atoms with van der Waals surface area (Å²) in [6, 6.07) is 6.03. The molecule has 0 atom stereocenters. The summed E-state index contributed by atoms with van der Waals surface area (Å²) in [5.41, 5.74) is 1.93. The van der Waals surface area contributed by atoms with E-state index in [0.29, 0.717) is 41.8 Å². The topological polar surface area (TPSA) is 79.3 Å². The van der Waals surface area contributed by atoms with Crippen molar-refractivity contribution in [3.05, 3.63) is 41.3 Å². The maximum atomic E-state index is 13.6. The molecule has 0 saturated heterocycles. The van der Waals surface area contributed by atoms with Crippen LogP contribution in [0.5, 0.6) is 0 Å². The second kappa shape index (κ2) is 6.95. The second-order valence-corrected chi connectivity index (χ2v) is 6.14. The monoisotopic (exact) mass is 330 g/mol. The summed E-state index contributed by atoms with van der Waals surface area (Å²) < 4.78 is 13.6. The molecule has 24 heavy (non-hydrogen) atoms. The van der Waals surface area contributed by atoms with Gasteiger partial charge in [0.15, 0.2) is 0 Å². The van der Waals surface area contributed by atoms with Crippen molar-refractivity contribution in [3.8, 4) is 0 Å². The standard InChI is InChI=1S/C18H19FN2O3/c19-12-6-7-15-13(9-12)14(10-16(21-15)11-4-5-11)18(24)20-8-2-1-3-17(22)23/h6-7,9-11H,1-5,8H2,(H,20,24)(H,22,23). The van der Waals surface area contributed by atoms with E-state index in [1.54, 1.807) is 12.1 Å². The van der Waals surface area contributed by atoms with Crippen LogP contribution in [0, 0.1) is 5.82 Å². The van der Waals surface area contributed by atoms with Crippen LogP contribution in [0.3, 0.4) is 0 Å². The first-order valence-corrected chi connectivity index (χ1v) is 8.15. The van der Waals surface area contributed by atoms with E-state index < -0.39 is 11.8 Å². The largest absolute Gasteiger partial charge is 0.481 e. The van der Waals surface area contributed by atoms with Gasteiger partial charge in [0.05, 0.1) is 11.1 Å². The molecule has 0 unspecified atom stereocenters. The van der Waals surface area contributed by atoms with E-state index in [1.165, 1.54) is 12.1 Å². The zero-order valence-electron chi connectivity index (χ0n) is 13.2. The number of halogens is 1. The smallest absolute Gasteiger partial charge is 0.303 e. The summed E-state index contributed by atoms with van der Waals surface area (Å²) in [5.74, 6) is -1.13. The van der Waals surface area contributed by atoms with Crippen molar-refractivity contribution in [2.75, 3.05) is 6.54 Å². The van der Waals surface area contributed by atoms with Gasteiger partial charge in [0.1, 0.15) is 5.82 Å². The average molecular weight is 330 g/mol. The Morgan fingerprint density at radius 2 is 2.04 bits per heavy atom. The van der Waals surface area contributed by atoms with Crippen molar-refractivity contribution < 1.29 is 19.1 Å². The van der Waals surface area contributed by atoms with Gasteiger partial charge < -0.3 is 10.4 Å². The van der Waals surface area contributed by atoms with E-state index in [2.05, 4.69) is 10.3 Å².